The van der Waals surface area contributed by atoms with Crippen LogP contribution in [-0.4, -0.2) is 30.3 Å². The number of hydrogen-bond donors (Lipinski definition) is 0. The molecule has 0 radical (unpaired) electrons. The van der Waals surface area contributed by atoms with Crippen molar-refractivity contribution in [1.29, 1.82) is 0 Å². The highest BCUT2D eigenvalue weighted by molar-refractivity contribution is 6.43. The van der Waals surface area contributed by atoms with Crippen molar-refractivity contribution in [1.82, 2.24) is 4.90 Å². The summed E-state index contributed by atoms with van der Waals surface area (Å²) in [6.07, 6.45) is 1.74. The van der Waals surface area contributed by atoms with Gasteiger partial charge in [-0.15, -0.1) is 0 Å². The largest absolute Gasteiger partial charge is 0.303 e. The topological polar surface area (TPSA) is 20.3 Å². The normalized spacial score (nSPS) is 19.8. The maximum atomic E-state index is 12.2. The molecule has 0 spiro atoms. The van der Waals surface area contributed by atoms with Crippen LogP contribution in [0.5, 0.6) is 0 Å². The Labute approximate surface area is 131 Å². The Morgan fingerprint density at radius 2 is 2.15 bits per heavy atom. The van der Waals surface area contributed by atoms with Crippen molar-refractivity contribution < 1.29 is 4.79 Å². The van der Waals surface area contributed by atoms with Gasteiger partial charge in [0.15, 0.2) is 5.78 Å². The van der Waals surface area contributed by atoms with E-state index in [1.807, 2.05) is 0 Å². The van der Waals surface area contributed by atoms with E-state index in [0.29, 0.717) is 22.0 Å². The van der Waals surface area contributed by atoms with E-state index in [2.05, 4.69) is 18.7 Å². The number of nitrogens with zero attached hydrogens (tertiary/aromatic N) is 1. The third kappa shape index (κ3) is 3.75. The van der Waals surface area contributed by atoms with Crippen molar-refractivity contribution >= 4 is 29.0 Å². The van der Waals surface area contributed by atoms with E-state index in [1.54, 1.807) is 18.2 Å². The van der Waals surface area contributed by atoms with Gasteiger partial charge in [0.1, 0.15) is 0 Å². The molecule has 0 N–H and O–H groups in total. The molecular formula is C16H21Cl2NO. The number of ketones is 1. The van der Waals surface area contributed by atoms with E-state index in [1.165, 1.54) is 6.42 Å². The Bertz CT molecular complexity index is 487. The van der Waals surface area contributed by atoms with Crippen molar-refractivity contribution in [2.24, 2.45) is 11.8 Å². The summed E-state index contributed by atoms with van der Waals surface area (Å²) in [6, 6.07) is 5.22. The lowest BCUT2D eigenvalue weighted by atomic mass is 9.95. The van der Waals surface area contributed by atoms with E-state index in [9.17, 15) is 4.79 Å². The molecule has 1 atom stereocenters. The molecule has 1 aliphatic heterocycles. The van der Waals surface area contributed by atoms with Crippen molar-refractivity contribution in [3.63, 3.8) is 0 Å². The zero-order valence-corrected chi connectivity index (χ0v) is 13.5. The highest BCUT2D eigenvalue weighted by atomic mass is 35.5. The minimum Gasteiger partial charge on any atom is -0.303 e. The number of hydrogen-bond acceptors (Lipinski definition) is 2. The number of carbonyl (C=O) groups is 1. The second-order valence-corrected chi connectivity index (χ2v) is 6.65. The van der Waals surface area contributed by atoms with Crippen molar-refractivity contribution in [2.75, 3.05) is 19.6 Å². The Balaban J connectivity index is 1.89. The zero-order chi connectivity index (χ0) is 14.7. The van der Waals surface area contributed by atoms with Crippen molar-refractivity contribution in [3.8, 4) is 0 Å². The standard InChI is InChI=1S/C16H21Cl2NO/c1-11(2)12-6-8-19(10-12)9-7-15(20)13-4-3-5-14(17)16(13)18/h3-5,11-12H,6-10H2,1-2H3. The van der Waals surface area contributed by atoms with Gasteiger partial charge in [-0.1, -0.05) is 43.1 Å². The zero-order valence-electron chi connectivity index (χ0n) is 12.0. The first kappa shape index (κ1) is 15.8. The van der Waals surface area contributed by atoms with E-state index in [0.717, 1.165) is 31.5 Å². The molecule has 1 fully saturated rings. The summed E-state index contributed by atoms with van der Waals surface area (Å²) in [5.41, 5.74) is 0.541. The highest BCUT2D eigenvalue weighted by Crippen LogP contribution is 2.27. The van der Waals surface area contributed by atoms with E-state index in [-0.39, 0.29) is 5.78 Å². The Hall–Kier alpha value is -0.570. The van der Waals surface area contributed by atoms with Gasteiger partial charge in [0.25, 0.3) is 0 Å². The fraction of sp³-hybridized carbons (Fsp3) is 0.562. The minimum absolute atomic E-state index is 0.0745. The second-order valence-electron chi connectivity index (χ2n) is 5.87. The number of carbonyl (C=O) groups excluding carboxylic acids is 1. The molecule has 1 heterocycles. The fourth-order valence-electron chi connectivity index (χ4n) is 2.72. The molecule has 0 amide bonds. The van der Waals surface area contributed by atoms with Crippen LogP contribution < -0.4 is 0 Å². The van der Waals surface area contributed by atoms with Gasteiger partial charge in [-0.25, -0.2) is 0 Å². The lowest BCUT2D eigenvalue weighted by Crippen LogP contribution is -2.25. The summed E-state index contributed by atoms with van der Waals surface area (Å²) in [6.45, 7) is 7.55. The molecular weight excluding hydrogens is 293 g/mol. The SMILES string of the molecule is CC(C)C1CCN(CCC(=O)c2cccc(Cl)c2Cl)C1. The molecule has 1 aromatic rings. The third-order valence-electron chi connectivity index (χ3n) is 4.16. The average Bonchev–Trinajstić information content (AvgIpc) is 2.88. The molecule has 4 heteroatoms. The minimum atomic E-state index is 0.0745. The predicted molar refractivity (Wildman–Crippen MR) is 84.8 cm³/mol. The van der Waals surface area contributed by atoms with Crippen molar-refractivity contribution in [3.05, 3.63) is 33.8 Å². The van der Waals surface area contributed by atoms with E-state index in [4.69, 9.17) is 23.2 Å². The number of rotatable bonds is 5. The van der Waals surface area contributed by atoms with Crippen LogP contribution in [0.1, 0.15) is 37.0 Å². The Morgan fingerprint density at radius 1 is 1.40 bits per heavy atom. The molecule has 1 unspecified atom stereocenters. The van der Waals surface area contributed by atoms with Crippen LogP contribution in [0, 0.1) is 11.8 Å². The summed E-state index contributed by atoms with van der Waals surface area (Å²) in [5, 5.41) is 0.819. The van der Waals surface area contributed by atoms with Crippen LogP contribution in [0.25, 0.3) is 0 Å². The fourth-order valence-corrected chi connectivity index (χ4v) is 3.13. The van der Waals surface area contributed by atoms with Gasteiger partial charge in [0, 0.05) is 25.1 Å². The molecule has 1 aromatic carbocycles. The van der Waals surface area contributed by atoms with Gasteiger partial charge in [0.2, 0.25) is 0 Å². The van der Waals surface area contributed by atoms with Gasteiger partial charge in [0.05, 0.1) is 10.0 Å². The molecule has 1 saturated heterocycles. The molecule has 110 valence electrons. The summed E-state index contributed by atoms with van der Waals surface area (Å²) in [7, 11) is 0. The first-order chi connectivity index (χ1) is 9.49. The summed E-state index contributed by atoms with van der Waals surface area (Å²) in [5.74, 6) is 1.56. The maximum Gasteiger partial charge on any atom is 0.165 e. The van der Waals surface area contributed by atoms with Gasteiger partial charge in [-0.2, -0.15) is 0 Å². The molecule has 0 bridgehead atoms. The van der Waals surface area contributed by atoms with Crippen molar-refractivity contribution in [2.45, 2.75) is 26.7 Å². The van der Waals surface area contributed by atoms with Gasteiger partial charge in [-0.3, -0.25) is 4.79 Å². The van der Waals surface area contributed by atoms with Crippen LogP contribution in [0.15, 0.2) is 18.2 Å². The van der Waals surface area contributed by atoms with Crippen LogP contribution in [0.4, 0.5) is 0 Å². The quantitative estimate of drug-likeness (QED) is 0.744. The third-order valence-corrected chi connectivity index (χ3v) is 4.98. The number of benzene rings is 1. The lowest BCUT2D eigenvalue weighted by molar-refractivity contribution is 0.0968. The van der Waals surface area contributed by atoms with Crippen LogP contribution >= 0.6 is 23.2 Å². The second kappa shape index (κ2) is 6.93. The van der Waals surface area contributed by atoms with E-state index < -0.39 is 0 Å². The molecule has 1 aliphatic rings. The molecule has 0 aliphatic carbocycles. The Kier molecular flexibility index (Phi) is 5.48. The molecule has 0 aromatic heterocycles. The first-order valence-electron chi connectivity index (χ1n) is 7.18. The first-order valence-corrected chi connectivity index (χ1v) is 7.94. The number of likely N-dealkylation sites (tertiary alicyclic amines) is 1. The summed E-state index contributed by atoms with van der Waals surface area (Å²) < 4.78 is 0. The monoisotopic (exact) mass is 313 g/mol. The van der Waals surface area contributed by atoms with E-state index >= 15 is 0 Å². The predicted octanol–water partition coefficient (Wildman–Crippen LogP) is 4.54. The summed E-state index contributed by atoms with van der Waals surface area (Å²) >= 11 is 12.0. The lowest BCUT2D eigenvalue weighted by Gasteiger charge is -2.17. The number of halogens is 2. The molecule has 0 saturated carbocycles. The van der Waals surface area contributed by atoms with Gasteiger partial charge < -0.3 is 4.90 Å². The molecule has 2 rings (SSSR count). The molecule has 2 nitrogen and oxygen atoms in total. The molecule has 20 heavy (non-hydrogen) atoms. The number of Topliss-reactive ketones (excluding diaryl/α,β-unsaturated/α-hetero) is 1. The maximum absolute atomic E-state index is 12.2. The summed E-state index contributed by atoms with van der Waals surface area (Å²) in [4.78, 5) is 14.6. The van der Waals surface area contributed by atoms with Crippen LogP contribution in [-0.2, 0) is 0 Å². The van der Waals surface area contributed by atoms with Crippen LogP contribution in [0.2, 0.25) is 10.0 Å². The Morgan fingerprint density at radius 3 is 2.80 bits per heavy atom. The highest BCUT2D eigenvalue weighted by Gasteiger charge is 2.25. The smallest absolute Gasteiger partial charge is 0.165 e. The van der Waals surface area contributed by atoms with Gasteiger partial charge in [-0.05, 0) is 36.9 Å². The van der Waals surface area contributed by atoms with Gasteiger partial charge >= 0.3 is 0 Å². The average molecular weight is 314 g/mol. The van der Waals surface area contributed by atoms with Crippen LogP contribution in [0.3, 0.4) is 0 Å².